The molecule has 0 aliphatic heterocycles. The van der Waals surface area contributed by atoms with E-state index in [4.69, 9.17) is 4.74 Å². The number of ether oxygens (including phenoxy) is 1. The van der Waals surface area contributed by atoms with Crippen molar-refractivity contribution in [3.05, 3.63) is 29.8 Å². The van der Waals surface area contributed by atoms with Crippen LogP contribution in [-0.4, -0.2) is 41.7 Å². The zero-order valence-electron chi connectivity index (χ0n) is 15.2. The molecule has 0 bridgehead atoms. The molecule has 3 nitrogen and oxygen atoms in total. The second-order valence-corrected chi connectivity index (χ2v) is 7.07. The average Bonchev–Trinajstić information content (AvgIpc) is 2.58. The summed E-state index contributed by atoms with van der Waals surface area (Å²) in [5.74, 6) is -2.49. The van der Waals surface area contributed by atoms with Gasteiger partial charge in [0.1, 0.15) is 5.75 Å². The van der Waals surface area contributed by atoms with Crippen molar-refractivity contribution < 1.29 is 45.0 Å². The minimum atomic E-state index is -5.61. The fourth-order valence-corrected chi connectivity index (χ4v) is 3.11. The Balaban J connectivity index is 1.91. The van der Waals surface area contributed by atoms with E-state index in [1.165, 1.54) is 24.3 Å². The van der Waals surface area contributed by atoms with Crippen LogP contribution in [-0.2, 0) is 0 Å². The van der Waals surface area contributed by atoms with Crippen LogP contribution in [0.25, 0.3) is 0 Å². The quantitative estimate of drug-likeness (QED) is 0.444. The Hall–Kier alpha value is -1.62. The molecular formula is C18H21F8NO2. The number of aliphatic hydroxyl groups is 1. The van der Waals surface area contributed by atoms with E-state index in [0.29, 0.717) is 12.8 Å². The molecule has 1 atom stereocenters. The molecule has 1 N–H and O–H groups in total. The molecule has 1 aromatic carbocycles. The first-order valence-electron chi connectivity index (χ1n) is 8.98. The van der Waals surface area contributed by atoms with Gasteiger partial charge >= 0.3 is 12.6 Å². The van der Waals surface area contributed by atoms with Crippen LogP contribution in [0, 0.1) is 5.92 Å². The Labute approximate surface area is 162 Å². The van der Waals surface area contributed by atoms with Crippen molar-refractivity contribution in [1.82, 2.24) is 4.90 Å². The van der Waals surface area contributed by atoms with Crippen LogP contribution in [0.1, 0.15) is 43.8 Å². The van der Waals surface area contributed by atoms with Crippen molar-refractivity contribution in [3.8, 4) is 5.75 Å². The summed E-state index contributed by atoms with van der Waals surface area (Å²) in [5, 5.41) is 10.00. The summed E-state index contributed by atoms with van der Waals surface area (Å²) in [6.07, 6.45) is -13.5. The van der Waals surface area contributed by atoms with Gasteiger partial charge in [-0.15, -0.1) is 4.90 Å². The van der Waals surface area contributed by atoms with Gasteiger partial charge in [-0.1, -0.05) is 12.1 Å². The normalized spacial score (nSPS) is 19.4. The van der Waals surface area contributed by atoms with E-state index < -0.39 is 42.5 Å². The van der Waals surface area contributed by atoms with Gasteiger partial charge in [-0.3, -0.25) is 0 Å². The molecule has 1 aliphatic carbocycles. The van der Waals surface area contributed by atoms with Crippen LogP contribution in [0.2, 0.25) is 0 Å². The maximum atomic E-state index is 13.1. The molecule has 0 unspecified atom stereocenters. The van der Waals surface area contributed by atoms with E-state index in [2.05, 4.69) is 0 Å². The summed E-state index contributed by atoms with van der Waals surface area (Å²) in [6.45, 7) is -1.30. The van der Waals surface area contributed by atoms with Crippen LogP contribution >= 0.6 is 0 Å². The molecule has 1 aromatic rings. The van der Waals surface area contributed by atoms with E-state index in [1.54, 1.807) is 0 Å². The van der Waals surface area contributed by atoms with E-state index in [1.807, 2.05) is 0 Å². The van der Waals surface area contributed by atoms with Crippen molar-refractivity contribution in [3.63, 3.8) is 0 Å². The highest BCUT2D eigenvalue weighted by Crippen LogP contribution is 2.37. The number of alkyl halides is 8. The Bertz CT molecular complexity index is 638. The average molecular weight is 435 g/mol. The molecule has 1 saturated carbocycles. The third-order valence-corrected chi connectivity index (χ3v) is 4.80. The van der Waals surface area contributed by atoms with Gasteiger partial charge in [0, 0.05) is 19.4 Å². The number of halogens is 8. The van der Waals surface area contributed by atoms with E-state index in [0.717, 1.165) is 0 Å². The molecule has 0 radical (unpaired) electrons. The minimum Gasteiger partial charge on any atom is -0.493 e. The van der Waals surface area contributed by atoms with Gasteiger partial charge in [-0.05, 0) is 42.9 Å². The number of hydrogen-bond donors (Lipinski definition) is 1. The lowest BCUT2D eigenvalue weighted by atomic mass is 9.87. The Morgan fingerprint density at radius 1 is 1.07 bits per heavy atom. The molecular weight excluding hydrogens is 414 g/mol. The maximum Gasteiger partial charge on any atom is 0.467 e. The number of benzene rings is 1. The SMILES string of the molecule is O[C@H](CCN(C(F)(F)F)C(F)(F)F)c1cccc(OCC2CCC(F)(F)CC2)c1. The number of rotatable bonds is 7. The zero-order chi connectivity index (χ0) is 21.9. The van der Waals surface area contributed by atoms with Gasteiger partial charge in [0.25, 0.3) is 0 Å². The molecule has 11 heteroatoms. The van der Waals surface area contributed by atoms with Gasteiger partial charge in [0.05, 0.1) is 12.7 Å². The predicted octanol–water partition coefficient (Wildman–Crippen LogP) is 5.66. The second kappa shape index (κ2) is 9.03. The predicted molar refractivity (Wildman–Crippen MR) is 87.2 cm³/mol. The van der Waals surface area contributed by atoms with Gasteiger partial charge in [0.15, 0.2) is 0 Å². The lowest BCUT2D eigenvalue weighted by Gasteiger charge is -2.28. The highest BCUT2D eigenvalue weighted by Gasteiger charge is 2.53. The zero-order valence-corrected chi connectivity index (χ0v) is 15.2. The largest absolute Gasteiger partial charge is 0.493 e. The molecule has 0 saturated heterocycles. The standard InChI is InChI=1S/C18H21F8NO2/c19-16(20)7-4-12(5-8-16)11-29-14-3-1-2-13(10-14)15(28)6-9-27(17(21,22)23)18(24,25)26/h1-3,10,12,15,28H,4-9,11H2/t15-/m1/s1. The number of aliphatic hydroxyl groups excluding tert-OH is 1. The highest BCUT2D eigenvalue weighted by molar-refractivity contribution is 5.30. The van der Waals surface area contributed by atoms with Crippen molar-refractivity contribution in [1.29, 1.82) is 0 Å². The number of nitrogens with zero attached hydrogens (tertiary/aromatic N) is 1. The van der Waals surface area contributed by atoms with Crippen LogP contribution in [0.3, 0.4) is 0 Å². The lowest BCUT2D eigenvalue weighted by molar-refractivity contribution is -0.373. The molecule has 0 spiro atoms. The minimum absolute atomic E-state index is 0.0738. The van der Waals surface area contributed by atoms with Gasteiger partial charge in [-0.2, -0.15) is 26.3 Å². The fourth-order valence-electron chi connectivity index (χ4n) is 3.11. The van der Waals surface area contributed by atoms with Crippen molar-refractivity contribution >= 4 is 0 Å². The van der Waals surface area contributed by atoms with Gasteiger partial charge in [0.2, 0.25) is 5.92 Å². The molecule has 166 valence electrons. The van der Waals surface area contributed by atoms with Crippen molar-refractivity contribution in [2.45, 2.75) is 56.7 Å². The smallest absolute Gasteiger partial charge is 0.467 e. The van der Waals surface area contributed by atoms with E-state index in [-0.39, 0.29) is 36.7 Å². The third-order valence-electron chi connectivity index (χ3n) is 4.80. The first-order valence-corrected chi connectivity index (χ1v) is 8.98. The molecule has 0 amide bonds. The monoisotopic (exact) mass is 435 g/mol. The fraction of sp³-hybridized carbons (Fsp3) is 0.667. The highest BCUT2D eigenvalue weighted by atomic mass is 19.4. The van der Waals surface area contributed by atoms with Crippen LogP contribution in [0.15, 0.2) is 24.3 Å². The molecule has 1 fully saturated rings. The second-order valence-electron chi connectivity index (χ2n) is 7.07. The summed E-state index contributed by atoms with van der Waals surface area (Å²) in [6, 6.07) is 5.61. The molecule has 1 aliphatic rings. The number of hydrogen-bond acceptors (Lipinski definition) is 3. The Kier molecular flexibility index (Phi) is 7.37. The molecule has 29 heavy (non-hydrogen) atoms. The van der Waals surface area contributed by atoms with Gasteiger partial charge < -0.3 is 9.84 Å². The Morgan fingerprint density at radius 3 is 2.21 bits per heavy atom. The topological polar surface area (TPSA) is 32.7 Å². The van der Waals surface area contributed by atoms with Crippen LogP contribution in [0.5, 0.6) is 5.75 Å². The third kappa shape index (κ3) is 7.29. The van der Waals surface area contributed by atoms with Crippen LogP contribution < -0.4 is 4.74 Å². The Morgan fingerprint density at radius 2 is 1.66 bits per heavy atom. The first kappa shape index (κ1) is 23.7. The molecule has 0 heterocycles. The summed E-state index contributed by atoms with van der Waals surface area (Å²) in [7, 11) is 0. The molecule has 2 rings (SSSR count). The lowest BCUT2D eigenvalue weighted by Crippen LogP contribution is -2.48. The summed E-state index contributed by atoms with van der Waals surface area (Å²) in [5.41, 5.74) is 0.0991. The van der Waals surface area contributed by atoms with Crippen molar-refractivity contribution in [2.75, 3.05) is 13.2 Å². The van der Waals surface area contributed by atoms with Crippen molar-refractivity contribution in [2.24, 2.45) is 5.92 Å². The summed E-state index contributed by atoms with van der Waals surface area (Å²) < 4.78 is 107. The first-order chi connectivity index (χ1) is 13.3. The summed E-state index contributed by atoms with van der Waals surface area (Å²) in [4.78, 5) is -1.59. The van der Waals surface area contributed by atoms with Crippen LogP contribution in [0.4, 0.5) is 35.1 Å². The van der Waals surface area contributed by atoms with E-state index >= 15 is 0 Å². The summed E-state index contributed by atoms with van der Waals surface area (Å²) >= 11 is 0. The van der Waals surface area contributed by atoms with E-state index in [9.17, 15) is 40.2 Å². The van der Waals surface area contributed by atoms with Gasteiger partial charge in [-0.25, -0.2) is 8.78 Å². The molecule has 0 aromatic heterocycles. The maximum absolute atomic E-state index is 13.1.